The quantitative estimate of drug-likeness (QED) is 0.518. The van der Waals surface area contributed by atoms with Gasteiger partial charge in [-0.1, -0.05) is 0 Å². The molecule has 0 radical (unpaired) electrons. The van der Waals surface area contributed by atoms with Crippen LogP contribution in [0.4, 0.5) is 0 Å². The minimum Gasteiger partial charge on any atom is -0.383 e. The van der Waals surface area contributed by atoms with Gasteiger partial charge in [0, 0.05) is 46.8 Å². The molecule has 0 aromatic heterocycles. The highest BCUT2D eigenvalue weighted by Gasteiger charge is 2.25. The number of hydrogen-bond donors (Lipinski definition) is 0. The first-order valence-electron chi connectivity index (χ1n) is 5.76. The summed E-state index contributed by atoms with van der Waals surface area (Å²) < 4.78 is 37.0. The Morgan fingerprint density at radius 1 is 1.06 bits per heavy atom. The third kappa shape index (κ3) is 6.31. The van der Waals surface area contributed by atoms with Crippen molar-refractivity contribution in [1.29, 1.82) is 0 Å². The summed E-state index contributed by atoms with van der Waals surface area (Å²) in [6.07, 6.45) is 0.625. The van der Waals surface area contributed by atoms with Crippen LogP contribution in [0, 0.1) is 0 Å². The van der Waals surface area contributed by atoms with E-state index in [9.17, 15) is 8.42 Å². The zero-order valence-electron chi connectivity index (χ0n) is 11.3. The molecule has 8 heteroatoms. The van der Waals surface area contributed by atoms with Gasteiger partial charge < -0.3 is 9.47 Å². The van der Waals surface area contributed by atoms with Crippen LogP contribution in [0.15, 0.2) is 0 Å². The fourth-order valence-electron chi connectivity index (χ4n) is 1.32. The fourth-order valence-corrected chi connectivity index (χ4v) is 2.81. The van der Waals surface area contributed by atoms with Gasteiger partial charge in [0.05, 0.1) is 13.2 Å². The first-order valence-corrected chi connectivity index (χ1v) is 7.69. The first-order chi connectivity index (χ1) is 8.50. The minimum atomic E-state index is -3.47. The molecule has 110 valence electrons. The zero-order chi connectivity index (χ0) is 14.0. The van der Waals surface area contributed by atoms with E-state index in [0.717, 1.165) is 0 Å². The maximum absolute atomic E-state index is 12.2. The standard InChI is InChI=1S/C10H23ClN2O4S/c1-12(6-4-5-11)18(14,15)13(7-9-16-2)8-10-17-3/h4-10H2,1-3H3. The summed E-state index contributed by atoms with van der Waals surface area (Å²) in [5.74, 6) is 0.440. The van der Waals surface area contributed by atoms with E-state index in [1.807, 2.05) is 0 Å². The van der Waals surface area contributed by atoms with E-state index in [2.05, 4.69) is 0 Å². The van der Waals surface area contributed by atoms with Crippen LogP contribution in [0.5, 0.6) is 0 Å². The Morgan fingerprint density at radius 2 is 1.56 bits per heavy atom. The molecule has 0 N–H and O–H groups in total. The van der Waals surface area contributed by atoms with Gasteiger partial charge in [0.1, 0.15) is 0 Å². The molecule has 0 aromatic carbocycles. The lowest BCUT2D eigenvalue weighted by atomic mass is 10.5. The summed E-state index contributed by atoms with van der Waals surface area (Å²) >= 11 is 5.57. The van der Waals surface area contributed by atoms with Gasteiger partial charge in [0.2, 0.25) is 0 Å². The Kier molecular flexibility index (Phi) is 9.98. The van der Waals surface area contributed by atoms with Crippen LogP contribution in [0.2, 0.25) is 0 Å². The summed E-state index contributed by atoms with van der Waals surface area (Å²) in [5, 5.41) is 0. The first kappa shape index (κ1) is 18.1. The van der Waals surface area contributed by atoms with E-state index >= 15 is 0 Å². The number of nitrogens with zero attached hydrogens (tertiary/aromatic N) is 2. The molecule has 0 bridgehead atoms. The lowest BCUT2D eigenvalue weighted by Gasteiger charge is -2.27. The Morgan fingerprint density at radius 3 is 1.94 bits per heavy atom. The molecule has 0 aliphatic carbocycles. The van der Waals surface area contributed by atoms with E-state index < -0.39 is 10.2 Å². The van der Waals surface area contributed by atoms with E-state index in [1.54, 1.807) is 21.3 Å². The van der Waals surface area contributed by atoms with Crippen LogP contribution in [0.3, 0.4) is 0 Å². The molecule has 0 saturated heterocycles. The molecule has 0 saturated carbocycles. The summed E-state index contributed by atoms with van der Waals surface area (Å²) in [5.41, 5.74) is 0. The Balaban J connectivity index is 4.60. The number of methoxy groups -OCH3 is 2. The van der Waals surface area contributed by atoms with Crippen molar-refractivity contribution in [2.45, 2.75) is 6.42 Å². The maximum Gasteiger partial charge on any atom is 0.281 e. The lowest BCUT2D eigenvalue weighted by Crippen LogP contribution is -2.45. The molecule has 0 aliphatic rings. The molecular formula is C10H23ClN2O4S. The van der Waals surface area contributed by atoms with Crippen molar-refractivity contribution in [1.82, 2.24) is 8.61 Å². The monoisotopic (exact) mass is 302 g/mol. The molecule has 0 fully saturated rings. The predicted molar refractivity (Wildman–Crippen MR) is 72.2 cm³/mol. The normalized spacial score (nSPS) is 12.6. The second-order valence-corrected chi connectivity index (χ2v) is 6.17. The van der Waals surface area contributed by atoms with Crippen LogP contribution in [-0.2, 0) is 19.7 Å². The molecule has 0 rings (SSSR count). The van der Waals surface area contributed by atoms with Crippen LogP contribution >= 0.6 is 11.6 Å². The van der Waals surface area contributed by atoms with E-state index in [-0.39, 0.29) is 0 Å². The molecule has 0 aliphatic heterocycles. The van der Waals surface area contributed by atoms with Gasteiger partial charge in [0.25, 0.3) is 10.2 Å². The van der Waals surface area contributed by atoms with Crippen molar-refractivity contribution in [2.24, 2.45) is 0 Å². The molecular weight excluding hydrogens is 280 g/mol. The highest BCUT2D eigenvalue weighted by molar-refractivity contribution is 7.86. The topological polar surface area (TPSA) is 59.1 Å². The number of alkyl halides is 1. The average Bonchev–Trinajstić information content (AvgIpc) is 2.35. The van der Waals surface area contributed by atoms with Gasteiger partial charge >= 0.3 is 0 Å². The fraction of sp³-hybridized carbons (Fsp3) is 1.00. The molecule has 0 amide bonds. The summed E-state index contributed by atoms with van der Waals surface area (Å²) in [4.78, 5) is 0. The third-order valence-electron chi connectivity index (χ3n) is 2.42. The average molecular weight is 303 g/mol. The second kappa shape index (κ2) is 9.94. The van der Waals surface area contributed by atoms with Gasteiger partial charge in [-0.2, -0.15) is 17.0 Å². The van der Waals surface area contributed by atoms with Crippen LogP contribution in [-0.4, -0.2) is 77.0 Å². The number of hydrogen-bond acceptors (Lipinski definition) is 4. The molecule has 0 spiro atoms. The Hall–Kier alpha value is 0.0800. The van der Waals surface area contributed by atoms with Crippen molar-refractivity contribution in [3.63, 3.8) is 0 Å². The van der Waals surface area contributed by atoms with Gasteiger partial charge in [-0.05, 0) is 6.42 Å². The number of ether oxygens (including phenoxy) is 2. The van der Waals surface area contributed by atoms with E-state index in [1.165, 1.54) is 8.61 Å². The summed E-state index contributed by atoms with van der Waals surface area (Å²) in [7, 11) is 1.16. The van der Waals surface area contributed by atoms with E-state index in [0.29, 0.717) is 45.1 Å². The molecule has 0 atom stereocenters. The third-order valence-corrected chi connectivity index (χ3v) is 4.67. The minimum absolute atomic E-state index is 0.313. The second-order valence-electron chi connectivity index (χ2n) is 3.76. The van der Waals surface area contributed by atoms with Crippen molar-refractivity contribution >= 4 is 21.8 Å². The molecule has 0 heterocycles. The highest BCUT2D eigenvalue weighted by atomic mass is 35.5. The molecule has 6 nitrogen and oxygen atoms in total. The van der Waals surface area contributed by atoms with Gasteiger partial charge in [0.15, 0.2) is 0 Å². The zero-order valence-corrected chi connectivity index (χ0v) is 12.8. The lowest BCUT2D eigenvalue weighted by molar-refractivity contribution is 0.147. The van der Waals surface area contributed by atoms with Crippen molar-refractivity contribution < 1.29 is 17.9 Å². The summed E-state index contributed by atoms with van der Waals surface area (Å²) in [6.45, 7) is 1.74. The van der Waals surface area contributed by atoms with Gasteiger partial charge in [-0.3, -0.25) is 0 Å². The van der Waals surface area contributed by atoms with Crippen LogP contribution in [0.1, 0.15) is 6.42 Å². The van der Waals surface area contributed by atoms with Crippen LogP contribution in [0.25, 0.3) is 0 Å². The Bertz CT molecular complexity index is 292. The Labute approximate surface area is 115 Å². The number of halogens is 1. The van der Waals surface area contributed by atoms with Gasteiger partial charge in [-0.25, -0.2) is 0 Å². The maximum atomic E-state index is 12.2. The highest BCUT2D eigenvalue weighted by Crippen LogP contribution is 2.07. The van der Waals surface area contributed by atoms with Gasteiger partial charge in [-0.15, -0.1) is 11.6 Å². The van der Waals surface area contributed by atoms with E-state index in [4.69, 9.17) is 21.1 Å². The molecule has 18 heavy (non-hydrogen) atoms. The van der Waals surface area contributed by atoms with Crippen molar-refractivity contribution in [3.8, 4) is 0 Å². The largest absolute Gasteiger partial charge is 0.383 e. The predicted octanol–water partition coefficient (Wildman–Crippen LogP) is 0.387. The van der Waals surface area contributed by atoms with Crippen molar-refractivity contribution in [3.05, 3.63) is 0 Å². The summed E-state index contributed by atoms with van der Waals surface area (Å²) in [6, 6.07) is 0. The van der Waals surface area contributed by atoms with Crippen LogP contribution < -0.4 is 0 Å². The molecule has 0 aromatic rings. The smallest absolute Gasteiger partial charge is 0.281 e. The SMILES string of the molecule is COCCN(CCOC)S(=O)(=O)N(C)CCCCl. The van der Waals surface area contributed by atoms with Crippen molar-refractivity contribution in [2.75, 3.05) is 60.0 Å². The number of rotatable bonds is 11. The molecule has 0 unspecified atom stereocenters.